The van der Waals surface area contributed by atoms with Crippen LogP contribution in [0.2, 0.25) is 0 Å². The topological polar surface area (TPSA) is 35.2 Å². The fourth-order valence-electron chi connectivity index (χ4n) is 2.76. The van der Waals surface area contributed by atoms with Crippen molar-refractivity contribution in [2.24, 2.45) is 5.73 Å². The summed E-state index contributed by atoms with van der Waals surface area (Å²) < 4.78 is 18.9. The SMILES string of the molecule is Cc1cc(C)c(OCCCC(CN)c2ccc(F)cc2)cc1C. The molecule has 0 aliphatic carbocycles. The molecule has 2 aromatic rings. The largest absolute Gasteiger partial charge is 0.493 e. The van der Waals surface area contributed by atoms with Crippen molar-refractivity contribution < 1.29 is 9.13 Å². The molecule has 2 nitrogen and oxygen atoms in total. The molecule has 124 valence electrons. The van der Waals surface area contributed by atoms with Crippen molar-refractivity contribution in [2.45, 2.75) is 39.5 Å². The van der Waals surface area contributed by atoms with E-state index in [1.165, 1.54) is 28.8 Å². The number of halogens is 1. The molecule has 0 fully saturated rings. The Morgan fingerprint density at radius 1 is 1.00 bits per heavy atom. The van der Waals surface area contributed by atoms with E-state index in [0.717, 1.165) is 24.2 Å². The second-order valence-corrected chi connectivity index (χ2v) is 6.18. The molecule has 0 saturated heterocycles. The minimum atomic E-state index is -0.210. The van der Waals surface area contributed by atoms with Crippen molar-refractivity contribution in [2.75, 3.05) is 13.2 Å². The van der Waals surface area contributed by atoms with Gasteiger partial charge in [-0.15, -0.1) is 0 Å². The molecule has 23 heavy (non-hydrogen) atoms. The van der Waals surface area contributed by atoms with E-state index in [4.69, 9.17) is 10.5 Å². The molecule has 0 aliphatic rings. The molecule has 2 rings (SSSR count). The molecule has 0 aliphatic heterocycles. The van der Waals surface area contributed by atoms with E-state index in [1.54, 1.807) is 0 Å². The lowest BCUT2D eigenvalue weighted by atomic mass is 9.94. The number of nitrogens with two attached hydrogens (primary N) is 1. The molecule has 1 atom stereocenters. The molecule has 0 heterocycles. The summed E-state index contributed by atoms with van der Waals surface area (Å²) in [6, 6.07) is 10.9. The highest BCUT2D eigenvalue weighted by Gasteiger charge is 2.10. The number of hydrogen-bond donors (Lipinski definition) is 1. The first-order chi connectivity index (χ1) is 11.0. The molecule has 0 aromatic heterocycles. The van der Waals surface area contributed by atoms with Crippen molar-refractivity contribution in [3.05, 3.63) is 64.5 Å². The summed E-state index contributed by atoms with van der Waals surface area (Å²) in [7, 11) is 0. The fraction of sp³-hybridized carbons (Fsp3) is 0.400. The average Bonchev–Trinajstić information content (AvgIpc) is 2.53. The second kappa shape index (κ2) is 8.11. The predicted molar refractivity (Wildman–Crippen MR) is 93.6 cm³/mol. The second-order valence-electron chi connectivity index (χ2n) is 6.18. The molecule has 1 unspecified atom stereocenters. The van der Waals surface area contributed by atoms with Gasteiger partial charge in [0, 0.05) is 0 Å². The van der Waals surface area contributed by atoms with Crippen molar-refractivity contribution in [1.82, 2.24) is 0 Å². The Morgan fingerprint density at radius 3 is 2.30 bits per heavy atom. The normalized spacial score (nSPS) is 12.2. The Balaban J connectivity index is 1.86. The molecule has 0 bridgehead atoms. The van der Waals surface area contributed by atoms with Gasteiger partial charge in [0.15, 0.2) is 0 Å². The first-order valence-electron chi connectivity index (χ1n) is 8.17. The third-order valence-electron chi connectivity index (χ3n) is 4.37. The predicted octanol–water partition coefficient (Wildman–Crippen LogP) is 4.65. The van der Waals surface area contributed by atoms with Gasteiger partial charge in [-0.1, -0.05) is 18.2 Å². The van der Waals surface area contributed by atoms with Crippen LogP contribution in [0.1, 0.15) is 41.0 Å². The molecular formula is C20H26FNO. The summed E-state index contributed by atoms with van der Waals surface area (Å²) in [5.74, 6) is 0.998. The highest BCUT2D eigenvalue weighted by Crippen LogP contribution is 2.24. The Labute approximate surface area is 138 Å². The zero-order valence-corrected chi connectivity index (χ0v) is 14.2. The van der Waals surface area contributed by atoms with Gasteiger partial charge in [-0.2, -0.15) is 0 Å². The molecular weight excluding hydrogens is 289 g/mol. The first-order valence-corrected chi connectivity index (χ1v) is 8.17. The summed E-state index contributed by atoms with van der Waals surface area (Å²) in [6.45, 7) is 7.51. The molecule has 3 heteroatoms. The third-order valence-corrected chi connectivity index (χ3v) is 4.37. The van der Waals surface area contributed by atoms with E-state index in [-0.39, 0.29) is 11.7 Å². The smallest absolute Gasteiger partial charge is 0.123 e. The van der Waals surface area contributed by atoms with Gasteiger partial charge in [-0.3, -0.25) is 0 Å². The molecule has 2 N–H and O–H groups in total. The van der Waals surface area contributed by atoms with E-state index < -0.39 is 0 Å². The lowest BCUT2D eigenvalue weighted by molar-refractivity contribution is 0.299. The van der Waals surface area contributed by atoms with Crippen LogP contribution < -0.4 is 10.5 Å². The van der Waals surface area contributed by atoms with Crippen molar-refractivity contribution in [3.63, 3.8) is 0 Å². The van der Waals surface area contributed by atoms with Crippen LogP contribution in [0.5, 0.6) is 5.75 Å². The van der Waals surface area contributed by atoms with Crippen LogP contribution in [-0.4, -0.2) is 13.2 Å². The van der Waals surface area contributed by atoms with Gasteiger partial charge in [0.05, 0.1) is 6.61 Å². The van der Waals surface area contributed by atoms with Gasteiger partial charge in [-0.25, -0.2) is 4.39 Å². The van der Waals surface area contributed by atoms with Gasteiger partial charge in [-0.05, 0) is 86.5 Å². The van der Waals surface area contributed by atoms with Crippen LogP contribution in [-0.2, 0) is 0 Å². The average molecular weight is 315 g/mol. The molecule has 0 radical (unpaired) electrons. The van der Waals surface area contributed by atoms with Crippen molar-refractivity contribution >= 4 is 0 Å². The van der Waals surface area contributed by atoms with Gasteiger partial charge < -0.3 is 10.5 Å². The van der Waals surface area contributed by atoms with Gasteiger partial charge in [0.25, 0.3) is 0 Å². The monoisotopic (exact) mass is 315 g/mol. The molecule has 0 amide bonds. The van der Waals surface area contributed by atoms with Crippen LogP contribution in [0.25, 0.3) is 0 Å². The van der Waals surface area contributed by atoms with Crippen LogP contribution in [0.3, 0.4) is 0 Å². The van der Waals surface area contributed by atoms with Crippen LogP contribution in [0.15, 0.2) is 36.4 Å². The maximum absolute atomic E-state index is 13.0. The maximum atomic E-state index is 13.0. The number of rotatable bonds is 7. The standard InChI is InChI=1S/C20H26FNO/c1-14-11-16(3)20(12-15(14)2)23-10-4-5-18(13-22)17-6-8-19(21)9-7-17/h6-9,11-12,18H,4-5,10,13,22H2,1-3H3. The zero-order valence-electron chi connectivity index (χ0n) is 14.2. The van der Waals surface area contributed by atoms with Crippen LogP contribution in [0, 0.1) is 26.6 Å². The highest BCUT2D eigenvalue weighted by atomic mass is 19.1. The lowest BCUT2D eigenvalue weighted by Crippen LogP contribution is -2.14. The Hall–Kier alpha value is -1.87. The summed E-state index contributed by atoms with van der Waals surface area (Å²) in [5, 5.41) is 0. The number of ether oxygens (including phenoxy) is 1. The van der Waals surface area contributed by atoms with Crippen molar-refractivity contribution in [3.8, 4) is 5.75 Å². The first kappa shape index (κ1) is 17.5. The Bertz CT molecular complexity index is 637. The quantitative estimate of drug-likeness (QED) is 0.755. The van der Waals surface area contributed by atoms with E-state index in [2.05, 4.69) is 32.9 Å². The molecule has 0 saturated carbocycles. The third kappa shape index (κ3) is 4.80. The van der Waals surface area contributed by atoms with E-state index in [0.29, 0.717) is 13.2 Å². The number of aryl methyl sites for hydroxylation is 3. The highest BCUT2D eigenvalue weighted by molar-refractivity contribution is 5.40. The number of benzene rings is 2. The maximum Gasteiger partial charge on any atom is 0.123 e. The summed E-state index contributed by atoms with van der Waals surface area (Å²) in [5.41, 5.74) is 10.7. The van der Waals surface area contributed by atoms with E-state index in [9.17, 15) is 4.39 Å². The summed E-state index contributed by atoms with van der Waals surface area (Å²) in [4.78, 5) is 0. The molecule has 0 spiro atoms. The van der Waals surface area contributed by atoms with Gasteiger partial charge >= 0.3 is 0 Å². The van der Waals surface area contributed by atoms with E-state index in [1.807, 2.05) is 12.1 Å². The Kier molecular flexibility index (Phi) is 6.17. The minimum Gasteiger partial charge on any atom is -0.493 e. The van der Waals surface area contributed by atoms with Gasteiger partial charge in [0.2, 0.25) is 0 Å². The van der Waals surface area contributed by atoms with Crippen molar-refractivity contribution in [1.29, 1.82) is 0 Å². The fourth-order valence-corrected chi connectivity index (χ4v) is 2.76. The van der Waals surface area contributed by atoms with Gasteiger partial charge in [0.1, 0.15) is 11.6 Å². The zero-order chi connectivity index (χ0) is 16.8. The lowest BCUT2D eigenvalue weighted by Gasteiger charge is -2.16. The summed E-state index contributed by atoms with van der Waals surface area (Å²) >= 11 is 0. The van der Waals surface area contributed by atoms with Crippen LogP contribution in [0.4, 0.5) is 4.39 Å². The number of hydrogen-bond acceptors (Lipinski definition) is 2. The minimum absolute atomic E-state index is 0.210. The Morgan fingerprint density at radius 2 is 1.65 bits per heavy atom. The molecule has 2 aromatic carbocycles. The summed E-state index contributed by atoms with van der Waals surface area (Å²) in [6.07, 6.45) is 1.86. The van der Waals surface area contributed by atoms with E-state index >= 15 is 0 Å². The van der Waals surface area contributed by atoms with Crippen LogP contribution >= 0.6 is 0 Å².